The minimum absolute atomic E-state index is 0.00795. The van der Waals surface area contributed by atoms with Crippen molar-refractivity contribution in [2.75, 3.05) is 23.8 Å². The van der Waals surface area contributed by atoms with Gasteiger partial charge in [-0.3, -0.25) is 4.79 Å². The highest BCUT2D eigenvalue weighted by Crippen LogP contribution is 2.24. The Morgan fingerprint density at radius 2 is 1.84 bits per heavy atom. The van der Waals surface area contributed by atoms with Gasteiger partial charge in [0, 0.05) is 25.4 Å². The predicted octanol–water partition coefficient (Wildman–Crippen LogP) is 4.93. The zero-order valence-electron chi connectivity index (χ0n) is 17.4. The lowest BCUT2D eigenvalue weighted by molar-refractivity contribution is -0.111. The van der Waals surface area contributed by atoms with Crippen LogP contribution in [0.3, 0.4) is 0 Å². The lowest BCUT2D eigenvalue weighted by Gasteiger charge is -2.19. The van der Waals surface area contributed by atoms with Crippen molar-refractivity contribution < 1.29 is 14.7 Å². The largest absolute Gasteiger partial charge is 0.478 e. The highest BCUT2D eigenvalue weighted by atomic mass is 16.4. The van der Waals surface area contributed by atoms with Crippen molar-refractivity contribution in [2.45, 2.75) is 13.3 Å². The van der Waals surface area contributed by atoms with Gasteiger partial charge in [-0.15, -0.1) is 0 Å². The summed E-state index contributed by atoms with van der Waals surface area (Å²) in [5.41, 5.74) is 2.56. The van der Waals surface area contributed by atoms with E-state index in [0.29, 0.717) is 18.7 Å². The van der Waals surface area contributed by atoms with Gasteiger partial charge < -0.3 is 15.3 Å². The number of fused-ring (bicyclic) bond motifs is 1. The minimum Gasteiger partial charge on any atom is -0.478 e. The normalized spacial score (nSPS) is 11.1. The van der Waals surface area contributed by atoms with Crippen LogP contribution in [0, 0.1) is 11.3 Å². The van der Waals surface area contributed by atoms with Crippen LogP contribution < -0.4 is 10.2 Å². The lowest BCUT2D eigenvalue weighted by atomic mass is 10.0. The molecule has 0 aliphatic heterocycles. The standard InChI is InChI=1S/C25H23N3O3/c1-17(19-9-8-18-6-3-4-7-20(18)15-19)14-24(29)27-23-11-10-21(16-22(23)25(30)31)28(2)13-5-12-26/h3-4,6-11,14-16H,5,13H2,1-2H3,(H,27,29)(H,30,31). The average molecular weight is 413 g/mol. The van der Waals surface area contributed by atoms with E-state index in [-0.39, 0.29) is 11.3 Å². The van der Waals surface area contributed by atoms with E-state index in [2.05, 4.69) is 11.4 Å². The number of amides is 1. The van der Waals surface area contributed by atoms with Gasteiger partial charge >= 0.3 is 5.97 Å². The number of carbonyl (C=O) groups excluding carboxylic acids is 1. The number of aromatic carboxylic acids is 1. The van der Waals surface area contributed by atoms with Crippen LogP contribution in [0.25, 0.3) is 16.3 Å². The maximum atomic E-state index is 12.6. The molecule has 0 aliphatic carbocycles. The van der Waals surface area contributed by atoms with Crippen molar-refractivity contribution in [1.82, 2.24) is 0 Å². The minimum atomic E-state index is -1.14. The molecule has 0 saturated carbocycles. The van der Waals surface area contributed by atoms with E-state index < -0.39 is 11.9 Å². The fraction of sp³-hybridized carbons (Fsp3) is 0.160. The molecule has 0 spiro atoms. The zero-order chi connectivity index (χ0) is 22.4. The number of rotatable bonds is 7. The molecule has 0 radical (unpaired) electrons. The van der Waals surface area contributed by atoms with E-state index in [0.717, 1.165) is 21.9 Å². The first kappa shape index (κ1) is 21.6. The van der Waals surface area contributed by atoms with Crippen LogP contribution >= 0.6 is 0 Å². The second-order valence-electron chi connectivity index (χ2n) is 7.24. The van der Waals surface area contributed by atoms with Crippen molar-refractivity contribution in [3.8, 4) is 6.07 Å². The molecule has 0 saturated heterocycles. The Morgan fingerprint density at radius 3 is 2.55 bits per heavy atom. The van der Waals surface area contributed by atoms with Crippen LogP contribution in [0.15, 0.2) is 66.7 Å². The van der Waals surface area contributed by atoms with E-state index in [1.165, 1.54) is 12.1 Å². The van der Waals surface area contributed by atoms with Gasteiger partial charge in [0.15, 0.2) is 0 Å². The molecule has 0 heterocycles. The lowest BCUT2D eigenvalue weighted by Crippen LogP contribution is -2.19. The molecule has 3 aromatic carbocycles. The summed E-state index contributed by atoms with van der Waals surface area (Å²) in [6, 6.07) is 20.8. The fourth-order valence-corrected chi connectivity index (χ4v) is 3.29. The number of anilines is 2. The highest BCUT2D eigenvalue weighted by molar-refractivity contribution is 6.07. The monoisotopic (exact) mass is 413 g/mol. The van der Waals surface area contributed by atoms with Crippen molar-refractivity contribution in [3.05, 3.63) is 77.9 Å². The van der Waals surface area contributed by atoms with Crippen LogP contribution in [0.5, 0.6) is 0 Å². The van der Waals surface area contributed by atoms with Crippen LogP contribution in [-0.4, -0.2) is 30.6 Å². The van der Waals surface area contributed by atoms with E-state index in [9.17, 15) is 14.7 Å². The van der Waals surface area contributed by atoms with E-state index in [1.807, 2.05) is 49.4 Å². The molecule has 0 unspecified atom stereocenters. The Kier molecular flexibility index (Phi) is 6.68. The third-order valence-corrected chi connectivity index (χ3v) is 5.04. The van der Waals surface area contributed by atoms with Crippen LogP contribution in [0.4, 0.5) is 11.4 Å². The predicted molar refractivity (Wildman–Crippen MR) is 123 cm³/mol. The summed E-state index contributed by atoms with van der Waals surface area (Å²) in [5.74, 6) is -1.54. The molecule has 0 atom stereocenters. The summed E-state index contributed by atoms with van der Waals surface area (Å²) < 4.78 is 0. The number of carbonyl (C=O) groups is 2. The first-order chi connectivity index (χ1) is 14.9. The summed E-state index contributed by atoms with van der Waals surface area (Å²) in [7, 11) is 1.78. The number of nitrogens with zero attached hydrogens (tertiary/aromatic N) is 2. The zero-order valence-corrected chi connectivity index (χ0v) is 17.4. The molecule has 31 heavy (non-hydrogen) atoms. The Balaban J connectivity index is 1.81. The Morgan fingerprint density at radius 1 is 1.10 bits per heavy atom. The van der Waals surface area contributed by atoms with E-state index >= 15 is 0 Å². The van der Waals surface area contributed by atoms with Gasteiger partial charge in [-0.05, 0) is 53.1 Å². The average Bonchev–Trinajstić information content (AvgIpc) is 2.77. The topological polar surface area (TPSA) is 93.4 Å². The first-order valence-electron chi connectivity index (χ1n) is 9.83. The van der Waals surface area contributed by atoms with Crippen LogP contribution in [0.2, 0.25) is 0 Å². The number of benzene rings is 3. The number of nitriles is 1. The van der Waals surface area contributed by atoms with E-state index in [4.69, 9.17) is 5.26 Å². The van der Waals surface area contributed by atoms with Gasteiger partial charge in [0.25, 0.3) is 0 Å². The second-order valence-corrected chi connectivity index (χ2v) is 7.24. The van der Waals surface area contributed by atoms with Crippen LogP contribution in [-0.2, 0) is 4.79 Å². The molecule has 0 aromatic heterocycles. The number of nitrogens with one attached hydrogen (secondary N) is 1. The maximum absolute atomic E-state index is 12.6. The summed E-state index contributed by atoms with van der Waals surface area (Å²) in [4.78, 5) is 26.1. The van der Waals surface area contributed by atoms with Crippen molar-refractivity contribution in [1.29, 1.82) is 5.26 Å². The van der Waals surface area contributed by atoms with Crippen molar-refractivity contribution in [3.63, 3.8) is 0 Å². The molecule has 0 aliphatic rings. The smallest absolute Gasteiger partial charge is 0.337 e. The third-order valence-electron chi connectivity index (χ3n) is 5.04. The van der Waals surface area contributed by atoms with Gasteiger partial charge in [0.1, 0.15) is 0 Å². The molecule has 6 nitrogen and oxygen atoms in total. The Hall–Kier alpha value is -4.11. The number of carboxylic acids is 1. The molecule has 0 bridgehead atoms. The quantitative estimate of drug-likeness (QED) is 0.536. The molecule has 2 N–H and O–H groups in total. The Labute approximate surface area is 181 Å². The van der Waals surface area contributed by atoms with Crippen molar-refractivity contribution in [2.24, 2.45) is 0 Å². The molecule has 1 amide bonds. The maximum Gasteiger partial charge on any atom is 0.337 e. The van der Waals surface area contributed by atoms with Gasteiger partial charge in [-0.1, -0.05) is 36.4 Å². The molecule has 0 fully saturated rings. The third kappa shape index (κ3) is 5.28. The summed E-state index contributed by atoms with van der Waals surface area (Å²) in [5, 5.41) is 23.2. The van der Waals surface area contributed by atoms with Crippen LogP contribution in [0.1, 0.15) is 29.3 Å². The van der Waals surface area contributed by atoms with Crippen molar-refractivity contribution >= 4 is 39.6 Å². The number of hydrogen-bond donors (Lipinski definition) is 2. The molecule has 156 valence electrons. The molecular formula is C25H23N3O3. The molecule has 6 heteroatoms. The Bertz CT molecular complexity index is 1210. The second kappa shape index (κ2) is 9.59. The molecule has 3 rings (SSSR count). The van der Waals surface area contributed by atoms with Gasteiger partial charge in [-0.2, -0.15) is 5.26 Å². The molecular weight excluding hydrogens is 390 g/mol. The van der Waals surface area contributed by atoms with Gasteiger partial charge in [0.2, 0.25) is 5.91 Å². The first-order valence-corrected chi connectivity index (χ1v) is 9.83. The summed E-state index contributed by atoms with van der Waals surface area (Å²) in [6.07, 6.45) is 1.79. The number of carboxylic acid groups (broad SMARTS) is 1. The van der Waals surface area contributed by atoms with Gasteiger partial charge in [0.05, 0.1) is 23.7 Å². The SMILES string of the molecule is CC(=CC(=O)Nc1ccc(N(C)CCC#N)cc1C(=O)O)c1ccc2ccccc2c1. The van der Waals surface area contributed by atoms with Gasteiger partial charge in [-0.25, -0.2) is 4.79 Å². The summed E-state index contributed by atoms with van der Waals surface area (Å²) in [6.45, 7) is 2.32. The highest BCUT2D eigenvalue weighted by Gasteiger charge is 2.14. The fourth-order valence-electron chi connectivity index (χ4n) is 3.29. The number of hydrogen-bond acceptors (Lipinski definition) is 4. The molecule has 3 aromatic rings. The number of allylic oxidation sites excluding steroid dienone is 1. The summed E-state index contributed by atoms with van der Waals surface area (Å²) >= 11 is 0. The van der Waals surface area contributed by atoms with E-state index in [1.54, 1.807) is 24.1 Å².